The van der Waals surface area contributed by atoms with Crippen molar-refractivity contribution in [3.05, 3.63) is 47.5 Å². The topological polar surface area (TPSA) is 44.6 Å². The van der Waals surface area contributed by atoms with Crippen molar-refractivity contribution in [1.82, 2.24) is 10.8 Å². The molecule has 0 bridgehead atoms. The Morgan fingerprint density at radius 1 is 0.750 bits per heavy atom. The van der Waals surface area contributed by atoms with E-state index in [2.05, 4.69) is 0 Å². The largest absolute Gasteiger partial charge is 0.150 e. The molecule has 0 aromatic heterocycles. The van der Waals surface area contributed by atoms with Gasteiger partial charge in [-0.2, -0.15) is 0 Å². The summed E-state index contributed by atoms with van der Waals surface area (Å²) in [7, 11) is 0. The zero-order valence-corrected chi connectivity index (χ0v) is 6.36. The second-order valence-corrected chi connectivity index (χ2v) is 2.65. The highest BCUT2D eigenvalue weighted by Crippen LogP contribution is 2.14. The van der Waals surface area contributed by atoms with Crippen molar-refractivity contribution >= 4 is 11.4 Å². The van der Waals surface area contributed by atoms with Crippen LogP contribution in [0.1, 0.15) is 11.1 Å². The molecule has 2 rings (SSSR count). The first-order chi connectivity index (χ1) is 5.79. The Hall–Kier alpha value is -1.70. The lowest BCUT2D eigenvalue weighted by Crippen LogP contribution is -2.13. The van der Waals surface area contributed by atoms with E-state index in [0.717, 1.165) is 0 Å². The second kappa shape index (κ2) is 2.41. The van der Waals surface area contributed by atoms with Gasteiger partial charge in [0.2, 0.25) is 0 Å². The molecule has 0 saturated carbocycles. The summed E-state index contributed by atoms with van der Waals surface area (Å²) in [5, 5.41) is 18.8. The van der Waals surface area contributed by atoms with Crippen molar-refractivity contribution in [2.75, 3.05) is 0 Å². The van der Waals surface area contributed by atoms with E-state index in [1.807, 2.05) is 12.1 Å². The fourth-order valence-corrected chi connectivity index (χ4v) is 1.27. The molecule has 1 aromatic carbocycles. The number of nitrogens with zero attached hydrogens (tertiary/aromatic N) is 2. The minimum atomic E-state index is 0.198. The zero-order chi connectivity index (χ0) is 8.55. The van der Waals surface area contributed by atoms with Gasteiger partial charge in [-0.25, -0.2) is 0 Å². The Balaban J connectivity index is 2.69. The first kappa shape index (κ1) is 6.98. The van der Waals surface area contributed by atoms with Gasteiger partial charge in [-0.05, 0) is 12.2 Å². The van der Waals surface area contributed by atoms with Gasteiger partial charge >= 0.3 is 0 Å². The van der Waals surface area contributed by atoms with E-state index in [1.54, 1.807) is 12.1 Å². The predicted octanol–water partition coefficient (Wildman–Crippen LogP) is 0.435. The highest BCUT2D eigenvalue weighted by Gasteiger charge is 2.13. The Bertz CT molecular complexity index is 352. The van der Waals surface area contributed by atoms with Crippen molar-refractivity contribution in [3.8, 4) is 0 Å². The molecule has 1 aliphatic carbocycles. The van der Waals surface area contributed by atoms with Gasteiger partial charge in [-0.1, -0.05) is 24.3 Å². The molecule has 0 saturated heterocycles. The van der Waals surface area contributed by atoms with Gasteiger partial charge in [0.15, 0.2) is 0 Å². The molecule has 2 heteroatoms. The molecule has 0 aliphatic heterocycles. The number of allylic oxidation sites excluding steroid dienone is 2. The highest BCUT2D eigenvalue weighted by molar-refractivity contribution is 6.24. The molecule has 56 valence electrons. The highest BCUT2D eigenvalue weighted by atomic mass is 14.5. The molecule has 0 spiro atoms. The summed E-state index contributed by atoms with van der Waals surface area (Å²) in [6.45, 7) is 0. The zero-order valence-electron chi connectivity index (χ0n) is 6.36. The fraction of sp³-hybridized carbons (Fsp3) is 0. The molecule has 0 atom stereocenters. The maximum Gasteiger partial charge on any atom is 0.0936 e. The van der Waals surface area contributed by atoms with Gasteiger partial charge in [0.1, 0.15) is 0 Å². The van der Waals surface area contributed by atoms with Crippen molar-refractivity contribution in [2.45, 2.75) is 0 Å². The maximum atomic E-state index is 9.38. The van der Waals surface area contributed by atoms with Crippen LogP contribution >= 0.6 is 0 Å². The Labute approximate surface area is 70.6 Å². The van der Waals surface area contributed by atoms with Crippen molar-refractivity contribution in [3.63, 3.8) is 0 Å². The Morgan fingerprint density at radius 3 is 1.58 bits per heavy atom. The Morgan fingerprint density at radius 2 is 1.17 bits per heavy atom. The molecule has 1 aliphatic rings. The average Bonchev–Trinajstić information content (AvgIpc) is 2.12. The van der Waals surface area contributed by atoms with E-state index in [9.17, 15) is 10.8 Å². The molecule has 2 radical (unpaired) electrons. The van der Waals surface area contributed by atoms with E-state index < -0.39 is 0 Å². The number of fused-ring (bicyclic) bond motifs is 1. The van der Waals surface area contributed by atoms with Crippen LogP contribution in [0, 0.1) is 0 Å². The monoisotopic (exact) mass is 154 g/mol. The number of hydrogen-bond donors (Lipinski definition) is 0. The van der Waals surface area contributed by atoms with E-state index in [-0.39, 0.29) is 11.4 Å². The van der Waals surface area contributed by atoms with E-state index in [0.29, 0.717) is 11.1 Å². The minimum Gasteiger partial charge on any atom is -0.150 e. The van der Waals surface area contributed by atoms with Crippen molar-refractivity contribution in [1.29, 1.82) is 0 Å². The van der Waals surface area contributed by atoms with Crippen LogP contribution in [0.4, 0.5) is 0 Å². The lowest BCUT2D eigenvalue weighted by atomic mass is 9.94. The second-order valence-electron chi connectivity index (χ2n) is 2.65. The molecule has 0 fully saturated rings. The maximum absolute atomic E-state index is 9.38. The predicted molar refractivity (Wildman–Crippen MR) is 48.1 cm³/mol. The van der Waals surface area contributed by atoms with E-state index in [4.69, 9.17) is 0 Å². The molecule has 0 heterocycles. The van der Waals surface area contributed by atoms with Crippen LogP contribution in [0.25, 0.3) is 0 Å². The first-order valence-electron chi connectivity index (χ1n) is 3.69. The van der Waals surface area contributed by atoms with Crippen molar-refractivity contribution < 1.29 is 0 Å². The van der Waals surface area contributed by atoms with E-state index in [1.165, 1.54) is 12.2 Å². The van der Waals surface area contributed by atoms with Gasteiger partial charge in [-0.3, -0.25) is 0 Å². The molecule has 0 N–H and O–H groups in total. The van der Waals surface area contributed by atoms with Crippen LogP contribution in [-0.4, -0.2) is 11.4 Å². The summed E-state index contributed by atoms with van der Waals surface area (Å²) in [4.78, 5) is 0. The molecule has 12 heavy (non-hydrogen) atoms. The third-order valence-electron chi connectivity index (χ3n) is 1.88. The smallest absolute Gasteiger partial charge is 0.0936 e. The lowest BCUT2D eigenvalue weighted by molar-refractivity contribution is 1.55. The van der Waals surface area contributed by atoms with Crippen LogP contribution in [-0.2, 0) is 0 Å². The van der Waals surface area contributed by atoms with Gasteiger partial charge in [-0.15, -0.1) is 10.8 Å². The summed E-state index contributed by atoms with van der Waals surface area (Å²) < 4.78 is 0. The molecular formula is C10H6N2. The normalized spacial score (nSPS) is 14.7. The average molecular weight is 154 g/mol. The Kier molecular flexibility index (Phi) is 1.40. The van der Waals surface area contributed by atoms with Crippen LogP contribution in [0.5, 0.6) is 0 Å². The molecule has 2 nitrogen and oxygen atoms in total. The standard InChI is InChI=1S/C10H6N2/c11-9-5-6-10(12)8-4-2-1-3-7(8)9/h1-6H. The molecule has 1 aromatic rings. The summed E-state index contributed by atoms with van der Waals surface area (Å²) in [5.41, 5.74) is 1.75. The molecule has 0 unspecified atom stereocenters. The third-order valence-corrected chi connectivity index (χ3v) is 1.88. The van der Waals surface area contributed by atoms with Crippen LogP contribution in [0.2, 0.25) is 0 Å². The van der Waals surface area contributed by atoms with Gasteiger partial charge < -0.3 is 0 Å². The fourth-order valence-electron chi connectivity index (χ4n) is 1.27. The summed E-state index contributed by atoms with van der Waals surface area (Å²) >= 11 is 0. The number of rotatable bonds is 0. The number of benzene rings is 1. The van der Waals surface area contributed by atoms with Crippen LogP contribution < -0.4 is 10.8 Å². The SMILES string of the molecule is [N]=C1C=CC(=[N])c2ccccc21. The summed E-state index contributed by atoms with van der Waals surface area (Å²) in [6.07, 6.45) is 2.97. The van der Waals surface area contributed by atoms with Crippen LogP contribution in [0.3, 0.4) is 0 Å². The quantitative estimate of drug-likeness (QED) is 0.520. The van der Waals surface area contributed by atoms with Gasteiger partial charge in [0.05, 0.1) is 11.4 Å². The minimum absolute atomic E-state index is 0.198. The molecular weight excluding hydrogens is 148 g/mol. The summed E-state index contributed by atoms with van der Waals surface area (Å²) in [5.74, 6) is 0. The summed E-state index contributed by atoms with van der Waals surface area (Å²) in [6, 6.07) is 7.18. The van der Waals surface area contributed by atoms with E-state index >= 15 is 0 Å². The van der Waals surface area contributed by atoms with Crippen LogP contribution in [0.15, 0.2) is 36.4 Å². The first-order valence-corrected chi connectivity index (χ1v) is 3.69. The number of hydrogen-bond acceptors (Lipinski definition) is 0. The third kappa shape index (κ3) is 0.889. The van der Waals surface area contributed by atoms with Gasteiger partial charge in [0.25, 0.3) is 0 Å². The van der Waals surface area contributed by atoms with Gasteiger partial charge in [0, 0.05) is 11.1 Å². The van der Waals surface area contributed by atoms with Crippen molar-refractivity contribution in [2.24, 2.45) is 0 Å². The lowest BCUT2D eigenvalue weighted by Gasteiger charge is -2.09. The molecule has 0 amide bonds.